The molecule has 0 radical (unpaired) electrons. The van der Waals surface area contributed by atoms with Crippen molar-refractivity contribution in [2.75, 3.05) is 13.2 Å². The highest BCUT2D eigenvalue weighted by molar-refractivity contribution is 4.74. The van der Waals surface area contributed by atoms with E-state index in [1.54, 1.807) is 0 Å². The number of hydrogen-bond donors (Lipinski definition) is 4. The molecule has 4 nitrogen and oxygen atoms in total. The minimum Gasteiger partial charge on any atom is -0.396 e. The highest BCUT2D eigenvalue weighted by atomic mass is 16.3. The summed E-state index contributed by atoms with van der Waals surface area (Å²) in [6, 6.07) is 0.715. The van der Waals surface area contributed by atoms with Gasteiger partial charge in [-0.05, 0) is 50.4 Å². The van der Waals surface area contributed by atoms with Crippen molar-refractivity contribution in [2.24, 2.45) is 23.3 Å². The van der Waals surface area contributed by atoms with Gasteiger partial charge in [0.25, 0.3) is 0 Å². The maximum absolute atomic E-state index is 8.75. The van der Waals surface area contributed by atoms with Crippen molar-refractivity contribution in [3.8, 4) is 0 Å². The summed E-state index contributed by atoms with van der Waals surface area (Å²) >= 11 is 0. The molecule has 2 fully saturated rings. The molecule has 2 rings (SSSR count). The van der Waals surface area contributed by atoms with Gasteiger partial charge in [-0.25, -0.2) is 0 Å². The van der Waals surface area contributed by atoms with E-state index in [-0.39, 0.29) is 0 Å². The third-order valence-electron chi connectivity index (χ3n) is 4.16. The Morgan fingerprint density at radius 3 is 1.33 bits per heavy atom. The van der Waals surface area contributed by atoms with Crippen LogP contribution in [-0.4, -0.2) is 35.5 Å². The van der Waals surface area contributed by atoms with E-state index < -0.39 is 0 Å². The fourth-order valence-corrected chi connectivity index (χ4v) is 3.00. The van der Waals surface area contributed by atoms with Crippen LogP contribution in [0.25, 0.3) is 0 Å². The molecule has 0 amide bonds. The highest BCUT2D eigenvalue weighted by Gasteiger charge is 2.18. The largest absolute Gasteiger partial charge is 0.396 e. The predicted octanol–water partition coefficient (Wildman–Crippen LogP) is 0.992. The van der Waals surface area contributed by atoms with E-state index in [0.29, 0.717) is 37.1 Å². The molecule has 0 heterocycles. The molecule has 0 aromatic carbocycles. The summed E-state index contributed by atoms with van der Waals surface area (Å²) in [5, 5.41) is 17.5. The van der Waals surface area contributed by atoms with Crippen molar-refractivity contribution in [1.29, 1.82) is 0 Å². The quantitative estimate of drug-likeness (QED) is 0.594. The lowest BCUT2D eigenvalue weighted by atomic mass is 9.87. The first-order chi connectivity index (χ1) is 8.65. The smallest absolute Gasteiger partial charge is 0.0459 e. The minimum atomic E-state index is 0.327. The second kappa shape index (κ2) is 8.86. The van der Waals surface area contributed by atoms with Crippen molar-refractivity contribution in [1.82, 2.24) is 0 Å². The van der Waals surface area contributed by atoms with E-state index in [0.717, 1.165) is 25.7 Å². The number of nitrogens with two attached hydrogens (primary N) is 2. The van der Waals surface area contributed by atoms with Gasteiger partial charge in [-0.2, -0.15) is 0 Å². The van der Waals surface area contributed by atoms with Crippen LogP contribution >= 0.6 is 0 Å². The molecular weight excluding hydrogens is 228 g/mol. The van der Waals surface area contributed by atoms with Crippen molar-refractivity contribution >= 4 is 0 Å². The predicted molar refractivity (Wildman–Crippen MR) is 74.0 cm³/mol. The Balaban J connectivity index is 0.000000180. The SMILES string of the molecule is N[C@@H]1CCC[C@H](CO)C1.N[C@H]1CCC[C@@H](CO)C1. The monoisotopic (exact) mass is 258 g/mol. The lowest BCUT2D eigenvalue weighted by Crippen LogP contribution is -2.29. The Hall–Kier alpha value is -0.160. The van der Waals surface area contributed by atoms with Crippen LogP contribution in [0.4, 0.5) is 0 Å². The van der Waals surface area contributed by atoms with Crippen molar-refractivity contribution < 1.29 is 10.2 Å². The van der Waals surface area contributed by atoms with Crippen LogP contribution in [0.5, 0.6) is 0 Å². The first-order valence-corrected chi connectivity index (χ1v) is 7.38. The number of aliphatic hydroxyl groups excluding tert-OH is 2. The lowest BCUT2D eigenvalue weighted by molar-refractivity contribution is 0.180. The Morgan fingerprint density at radius 1 is 0.722 bits per heavy atom. The molecule has 0 aromatic heterocycles. The summed E-state index contributed by atoms with van der Waals surface area (Å²) in [5.74, 6) is 0.988. The van der Waals surface area contributed by atoms with E-state index in [1.165, 1.54) is 25.7 Å². The van der Waals surface area contributed by atoms with Crippen LogP contribution in [0.15, 0.2) is 0 Å². The zero-order valence-corrected chi connectivity index (χ0v) is 11.4. The first-order valence-electron chi connectivity index (χ1n) is 7.38. The number of rotatable bonds is 2. The summed E-state index contributed by atoms with van der Waals surface area (Å²) in [6.45, 7) is 0.654. The average Bonchev–Trinajstić information content (AvgIpc) is 2.39. The lowest BCUT2D eigenvalue weighted by Gasteiger charge is -2.24. The fourth-order valence-electron chi connectivity index (χ4n) is 3.00. The molecule has 0 bridgehead atoms. The maximum Gasteiger partial charge on any atom is 0.0459 e. The molecule has 0 aliphatic heterocycles. The molecule has 2 saturated carbocycles. The van der Waals surface area contributed by atoms with Gasteiger partial charge in [-0.15, -0.1) is 0 Å². The van der Waals surface area contributed by atoms with Crippen LogP contribution in [0.2, 0.25) is 0 Å². The van der Waals surface area contributed by atoms with Crippen LogP contribution in [0.3, 0.4) is 0 Å². The number of hydrogen-bond acceptors (Lipinski definition) is 4. The van der Waals surface area contributed by atoms with Gasteiger partial charge in [0.15, 0.2) is 0 Å². The zero-order valence-electron chi connectivity index (χ0n) is 11.4. The van der Waals surface area contributed by atoms with E-state index in [4.69, 9.17) is 21.7 Å². The Kier molecular flexibility index (Phi) is 7.82. The second-order valence-corrected chi connectivity index (χ2v) is 5.95. The highest BCUT2D eigenvalue weighted by Crippen LogP contribution is 2.22. The third kappa shape index (κ3) is 6.14. The second-order valence-electron chi connectivity index (χ2n) is 5.95. The van der Waals surface area contributed by atoms with E-state index in [9.17, 15) is 0 Å². The normalized spacial score (nSPS) is 36.7. The van der Waals surface area contributed by atoms with Gasteiger partial charge in [0.2, 0.25) is 0 Å². The topological polar surface area (TPSA) is 92.5 Å². The molecule has 2 aliphatic rings. The number of aliphatic hydroxyl groups is 2. The Labute approximate surface area is 111 Å². The fraction of sp³-hybridized carbons (Fsp3) is 1.00. The molecule has 0 aromatic rings. The van der Waals surface area contributed by atoms with E-state index in [1.807, 2.05) is 0 Å². The minimum absolute atomic E-state index is 0.327. The summed E-state index contributed by atoms with van der Waals surface area (Å²) in [6.07, 6.45) is 9.09. The molecule has 108 valence electrons. The molecular formula is C14H30N2O2. The zero-order chi connectivity index (χ0) is 13.4. The molecule has 0 unspecified atom stereocenters. The Morgan fingerprint density at radius 2 is 1.11 bits per heavy atom. The molecule has 4 heteroatoms. The summed E-state index contributed by atoms with van der Waals surface area (Å²) in [7, 11) is 0. The van der Waals surface area contributed by atoms with Crippen LogP contribution in [0, 0.1) is 11.8 Å². The first kappa shape index (κ1) is 15.9. The van der Waals surface area contributed by atoms with Crippen molar-refractivity contribution in [3.05, 3.63) is 0 Å². The van der Waals surface area contributed by atoms with Crippen LogP contribution in [-0.2, 0) is 0 Å². The summed E-state index contributed by atoms with van der Waals surface area (Å²) in [4.78, 5) is 0. The van der Waals surface area contributed by atoms with Crippen molar-refractivity contribution in [2.45, 2.75) is 63.5 Å². The maximum atomic E-state index is 8.75. The van der Waals surface area contributed by atoms with Gasteiger partial charge in [0.05, 0.1) is 0 Å². The van der Waals surface area contributed by atoms with Gasteiger partial charge >= 0.3 is 0 Å². The van der Waals surface area contributed by atoms with Gasteiger partial charge in [-0.3, -0.25) is 0 Å². The Bertz CT molecular complexity index is 192. The van der Waals surface area contributed by atoms with Crippen LogP contribution < -0.4 is 11.5 Å². The van der Waals surface area contributed by atoms with Gasteiger partial charge < -0.3 is 21.7 Å². The van der Waals surface area contributed by atoms with Gasteiger partial charge in [-0.1, -0.05) is 12.8 Å². The van der Waals surface area contributed by atoms with Gasteiger partial charge in [0, 0.05) is 25.3 Å². The van der Waals surface area contributed by atoms with E-state index >= 15 is 0 Å². The summed E-state index contributed by atoms with van der Waals surface area (Å²) in [5.41, 5.74) is 11.4. The molecule has 18 heavy (non-hydrogen) atoms. The van der Waals surface area contributed by atoms with Crippen molar-refractivity contribution in [3.63, 3.8) is 0 Å². The molecule has 0 spiro atoms. The van der Waals surface area contributed by atoms with E-state index in [2.05, 4.69) is 0 Å². The average molecular weight is 258 g/mol. The third-order valence-corrected chi connectivity index (χ3v) is 4.16. The molecule has 6 N–H and O–H groups in total. The molecule has 0 saturated heterocycles. The van der Waals surface area contributed by atoms with Crippen LogP contribution in [0.1, 0.15) is 51.4 Å². The summed E-state index contributed by atoms with van der Waals surface area (Å²) < 4.78 is 0. The molecule has 2 aliphatic carbocycles. The standard InChI is InChI=1S/2C7H15NO/c2*8-7-3-1-2-6(4-7)5-9/h2*6-7,9H,1-5,8H2/t2*6-,7+/m10/s1. The van der Waals surface area contributed by atoms with Gasteiger partial charge in [0.1, 0.15) is 0 Å². The molecule has 4 atom stereocenters.